The molecule has 4 unspecified atom stereocenters. The Labute approximate surface area is 205 Å². The number of amides is 2. The normalized spacial score (nSPS) is 26.4. The number of allylic oxidation sites excluding steroid dienone is 2. The van der Waals surface area contributed by atoms with E-state index in [0.717, 1.165) is 36.8 Å². The molecule has 2 N–H and O–H groups in total. The Bertz CT molecular complexity index is 853. The smallest absolute Gasteiger partial charge is 0.233 e. The summed E-state index contributed by atoms with van der Waals surface area (Å²) in [5.74, 6) is 1.16. The fourth-order valence-corrected chi connectivity index (χ4v) is 6.08. The third kappa shape index (κ3) is 4.81. The van der Waals surface area contributed by atoms with Crippen LogP contribution >= 0.6 is 35.3 Å². The van der Waals surface area contributed by atoms with Crippen LogP contribution in [0.1, 0.15) is 35.3 Å². The number of carbonyl (C=O) groups excluding carboxylic acids is 2. The SMILES string of the molecule is CCc1nc(CCNC(=NC)NCCCN2C(=O)C3C4C=CC(C4)C3C2=O)sc1C.I. The van der Waals surface area contributed by atoms with Crippen LogP contribution in [0.4, 0.5) is 0 Å². The van der Waals surface area contributed by atoms with Crippen LogP contribution in [0, 0.1) is 30.6 Å². The number of nitrogens with one attached hydrogen (secondary N) is 2. The summed E-state index contributed by atoms with van der Waals surface area (Å²) in [5.41, 5.74) is 1.19. The Hall–Kier alpha value is -1.49. The first-order valence-electron chi connectivity index (χ1n) is 11.0. The predicted octanol–water partition coefficient (Wildman–Crippen LogP) is 2.54. The van der Waals surface area contributed by atoms with Crippen molar-refractivity contribution < 1.29 is 9.59 Å². The molecule has 0 aromatic carbocycles. The number of likely N-dealkylation sites (tertiary alicyclic amines) is 1. The zero-order valence-corrected chi connectivity index (χ0v) is 21.5. The van der Waals surface area contributed by atoms with Crippen LogP contribution in [-0.4, -0.2) is 54.3 Å². The van der Waals surface area contributed by atoms with Gasteiger partial charge < -0.3 is 10.6 Å². The average Bonchev–Trinajstić information content (AvgIpc) is 3.49. The Kier molecular flexibility index (Phi) is 8.12. The fraction of sp³-hybridized carbons (Fsp3) is 0.636. The van der Waals surface area contributed by atoms with Crippen molar-refractivity contribution in [3.05, 3.63) is 27.7 Å². The van der Waals surface area contributed by atoms with Crippen molar-refractivity contribution in [1.29, 1.82) is 0 Å². The molecule has 2 fully saturated rings. The fourth-order valence-electron chi connectivity index (χ4n) is 5.06. The van der Waals surface area contributed by atoms with Gasteiger partial charge in [0.1, 0.15) is 0 Å². The molecule has 2 heterocycles. The third-order valence-electron chi connectivity index (χ3n) is 6.54. The van der Waals surface area contributed by atoms with Crippen LogP contribution in [-0.2, 0) is 22.4 Å². The number of rotatable bonds is 8. The van der Waals surface area contributed by atoms with E-state index in [-0.39, 0.29) is 59.5 Å². The molecule has 1 aliphatic heterocycles. The lowest BCUT2D eigenvalue weighted by Gasteiger charge is -2.18. The number of fused-ring (bicyclic) bond motifs is 5. The molecular formula is C22H32IN5O2S. The summed E-state index contributed by atoms with van der Waals surface area (Å²) in [5, 5.41) is 7.74. The van der Waals surface area contributed by atoms with E-state index in [0.29, 0.717) is 19.5 Å². The number of halogens is 1. The van der Waals surface area contributed by atoms with E-state index in [4.69, 9.17) is 0 Å². The Morgan fingerprint density at radius 2 is 1.84 bits per heavy atom. The number of aromatic nitrogens is 1. The Morgan fingerprint density at radius 3 is 2.42 bits per heavy atom. The molecular weight excluding hydrogens is 525 g/mol. The first-order valence-corrected chi connectivity index (χ1v) is 11.8. The zero-order valence-electron chi connectivity index (χ0n) is 18.4. The molecule has 1 aromatic rings. The second kappa shape index (κ2) is 10.4. The van der Waals surface area contributed by atoms with Crippen molar-refractivity contribution in [1.82, 2.24) is 20.5 Å². The highest BCUT2D eigenvalue weighted by molar-refractivity contribution is 14.0. The first-order chi connectivity index (χ1) is 14.5. The van der Waals surface area contributed by atoms with Crippen molar-refractivity contribution in [2.45, 2.75) is 39.5 Å². The summed E-state index contributed by atoms with van der Waals surface area (Å²) in [6.07, 6.45) is 7.79. The largest absolute Gasteiger partial charge is 0.356 e. The molecule has 31 heavy (non-hydrogen) atoms. The second-order valence-electron chi connectivity index (χ2n) is 8.32. The van der Waals surface area contributed by atoms with E-state index in [1.54, 1.807) is 18.4 Å². The lowest BCUT2D eigenvalue weighted by atomic mass is 9.85. The number of aliphatic imine (C=N–C) groups is 1. The van der Waals surface area contributed by atoms with Crippen molar-refractivity contribution in [2.75, 3.05) is 26.7 Å². The molecule has 2 amide bonds. The quantitative estimate of drug-likeness (QED) is 0.128. The Balaban J connectivity index is 0.00000272. The van der Waals surface area contributed by atoms with E-state index in [1.807, 2.05) is 0 Å². The number of hydrogen-bond donors (Lipinski definition) is 2. The van der Waals surface area contributed by atoms with Crippen molar-refractivity contribution in [3.63, 3.8) is 0 Å². The highest BCUT2D eigenvalue weighted by Crippen LogP contribution is 2.52. The highest BCUT2D eigenvalue weighted by atomic mass is 127. The second-order valence-corrected chi connectivity index (χ2v) is 9.61. The van der Waals surface area contributed by atoms with Gasteiger partial charge in [0.2, 0.25) is 11.8 Å². The molecule has 170 valence electrons. The first kappa shape index (κ1) is 24.2. The molecule has 1 aromatic heterocycles. The van der Waals surface area contributed by atoms with Gasteiger partial charge >= 0.3 is 0 Å². The van der Waals surface area contributed by atoms with Gasteiger partial charge in [-0.2, -0.15) is 0 Å². The number of guanidine groups is 1. The number of thiazole rings is 1. The van der Waals surface area contributed by atoms with Gasteiger partial charge in [0.05, 0.1) is 22.5 Å². The summed E-state index contributed by atoms with van der Waals surface area (Å²) < 4.78 is 0. The minimum atomic E-state index is -0.0994. The van der Waals surface area contributed by atoms with E-state index < -0.39 is 0 Å². The topological polar surface area (TPSA) is 86.7 Å². The summed E-state index contributed by atoms with van der Waals surface area (Å²) in [6, 6.07) is 0. The van der Waals surface area contributed by atoms with Crippen LogP contribution in [0.25, 0.3) is 0 Å². The third-order valence-corrected chi connectivity index (χ3v) is 7.61. The maximum atomic E-state index is 12.7. The summed E-state index contributed by atoms with van der Waals surface area (Å²) in [6.45, 7) is 6.16. The van der Waals surface area contributed by atoms with Gasteiger partial charge in [0, 0.05) is 38.0 Å². The standard InChI is InChI=1S/C22H31N5O2S.HI/c1-4-16-13(2)30-17(26-16)8-10-25-22(23-3)24-9-5-11-27-20(28)18-14-6-7-15(12-14)19(18)21(27)29;/h6-7,14-15,18-19H,4-5,8-12H2,1-3H3,(H2,23,24,25);1H. The van der Waals surface area contributed by atoms with Crippen molar-refractivity contribution in [3.8, 4) is 0 Å². The van der Waals surface area contributed by atoms with Crippen LogP contribution in [0.2, 0.25) is 0 Å². The molecule has 4 rings (SSSR count). The van der Waals surface area contributed by atoms with Gasteiger partial charge in [0.15, 0.2) is 5.96 Å². The summed E-state index contributed by atoms with van der Waals surface area (Å²) in [4.78, 5) is 37.1. The molecule has 9 heteroatoms. The van der Waals surface area contributed by atoms with Gasteiger partial charge in [-0.1, -0.05) is 19.1 Å². The van der Waals surface area contributed by atoms with E-state index in [9.17, 15) is 9.59 Å². The monoisotopic (exact) mass is 557 g/mol. The minimum Gasteiger partial charge on any atom is -0.356 e. The maximum Gasteiger partial charge on any atom is 0.233 e. The number of aryl methyl sites for hydroxylation is 2. The van der Waals surface area contributed by atoms with Gasteiger partial charge in [-0.25, -0.2) is 4.98 Å². The molecule has 1 saturated heterocycles. The van der Waals surface area contributed by atoms with Crippen LogP contribution in [0.3, 0.4) is 0 Å². The average molecular weight is 558 g/mol. The number of nitrogens with zero attached hydrogens (tertiary/aromatic N) is 3. The van der Waals surface area contributed by atoms with Crippen LogP contribution in [0.5, 0.6) is 0 Å². The molecule has 0 radical (unpaired) electrons. The van der Waals surface area contributed by atoms with Gasteiger partial charge in [-0.3, -0.25) is 19.5 Å². The summed E-state index contributed by atoms with van der Waals surface area (Å²) >= 11 is 1.76. The lowest BCUT2D eigenvalue weighted by molar-refractivity contribution is -0.140. The molecule has 2 bridgehead atoms. The maximum absolute atomic E-state index is 12.7. The van der Waals surface area contributed by atoms with Gasteiger partial charge in [-0.05, 0) is 38.0 Å². The number of imide groups is 1. The van der Waals surface area contributed by atoms with Crippen LogP contribution in [0.15, 0.2) is 17.1 Å². The zero-order chi connectivity index (χ0) is 21.3. The van der Waals surface area contributed by atoms with Crippen molar-refractivity contribution in [2.24, 2.45) is 28.7 Å². The van der Waals surface area contributed by atoms with Crippen LogP contribution < -0.4 is 10.6 Å². The number of carbonyl (C=O) groups is 2. The Morgan fingerprint density at radius 1 is 1.19 bits per heavy atom. The molecule has 0 spiro atoms. The van der Waals surface area contributed by atoms with E-state index >= 15 is 0 Å². The molecule has 2 aliphatic carbocycles. The molecule has 4 atom stereocenters. The van der Waals surface area contributed by atoms with Gasteiger partial charge in [0.25, 0.3) is 0 Å². The predicted molar refractivity (Wildman–Crippen MR) is 134 cm³/mol. The lowest BCUT2D eigenvalue weighted by Crippen LogP contribution is -2.40. The summed E-state index contributed by atoms with van der Waals surface area (Å²) in [7, 11) is 1.75. The molecule has 3 aliphatic rings. The molecule has 7 nitrogen and oxygen atoms in total. The molecule has 1 saturated carbocycles. The highest BCUT2D eigenvalue weighted by Gasteiger charge is 2.58. The minimum absolute atomic E-state index is 0. The number of hydrogen-bond acceptors (Lipinski definition) is 5. The van der Waals surface area contributed by atoms with Crippen molar-refractivity contribution >= 4 is 53.1 Å². The van der Waals surface area contributed by atoms with Gasteiger partial charge in [-0.15, -0.1) is 35.3 Å². The van der Waals surface area contributed by atoms with E-state index in [1.165, 1.54) is 15.5 Å². The van der Waals surface area contributed by atoms with E-state index in [2.05, 4.69) is 46.6 Å².